The lowest BCUT2D eigenvalue weighted by molar-refractivity contribution is -0.113. The number of carbonyl (C=O) groups excluding carboxylic acids is 1. The van der Waals surface area contributed by atoms with E-state index in [1.54, 1.807) is 0 Å². The molecule has 1 aromatic rings. The number of aryl methyl sites for hydroxylation is 1. The van der Waals surface area contributed by atoms with Crippen LogP contribution in [0, 0.1) is 6.92 Å². The molecule has 0 saturated carbocycles. The lowest BCUT2D eigenvalue weighted by Crippen LogP contribution is -2.20. The maximum atomic E-state index is 11.5. The Balaban J connectivity index is 3.19. The van der Waals surface area contributed by atoms with Gasteiger partial charge < -0.3 is 5.32 Å². The van der Waals surface area contributed by atoms with E-state index in [2.05, 4.69) is 54.7 Å². The Morgan fingerprint density at radius 3 is 2.50 bits per heavy atom. The average Bonchev–Trinajstić information content (AvgIpc) is 2.19. The number of hydrogen-bond donors (Lipinski definition) is 1. The van der Waals surface area contributed by atoms with Gasteiger partial charge in [-0.2, -0.15) is 0 Å². The summed E-state index contributed by atoms with van der Waals surface area (Å²) in [5.41, 5.74) is 3.31. The molecule has 0 bridgehead atoms. The van der Waals surface area contributed by atoms with Crippen LogP contribution in [-0.2, 0) is 10.2 Å². The SMILES string of the molecule is Cc1cccc(C(C)(C)C)c1NC(=O)CI. The maximum Gasteiger partial charge on any atom is 0.234 e. The Hall–Kier alpha value is -0.580. The molecule has 0 atom stereocenters. The Bertz CT molecular complexity index is 393. The van der Waals surface area contributed by atoms with Crippen LogP contribution < -0.4 is 5.32 Å². The molecular weight excluding hydrogens is 313 g/mol. The molecule has 1 aromatic carbocycles. The molecule has 0 fully saturated rings. The van der Waals surface area contributed by atoms with Crippen LogP contribution in [-0.4, -0.2) is 10.3 Å². The van der Waals surface area contributed by atoms with Gasteiger partial charge in [0.2, 0.25) is 5.91 Å². The van der Waals surface area contributed by atoms with E-state index in [-0.39, 0.29) is 11.3 Å². The molecule has 1 rings (SSSR count). The van der Waals surface area contributed by atoms with E-state index in [9.17, 15) is 4.79 Å². The van der Waals surface area contributed by atoms with Crippen molar-refractivity contribution in [1.29, 1.82) is 0 Å². The summed E-state index contributed by atoms with van der Waals surface area (Å²) in [5.74, 6) is 0.0559. The van der Waals surface area contributed by atoms with E-state index in [1.165, 1.54) is 5.56 Å². The topological polar surface area (TPSA) is 29.1 Å². The molecule has 1 amide bonds. The van der Waals surface area contributed by atoms with Gasteiger partial charge in [0.05, 0.1) is 4.43 Å². The zero-order valence-corrected chi connectivity index (χ0v) is 12.4. The number of rotatable bonds is 2. The zero-order valence-electron chi connectivity index (χ0n) is 10.2. The minimum atomic E-state index is 0.0416. The van der Waals surface area contributed by atoms with Gasteiger partial charge in [-0.25, -0.2) is 0 Å². The monoisotopic (exact) mass is 331 g/mol. The quantitative estimate of drug-likeness (QED) is 0.650. The van der Waals surface area contributed by atoms with Crippen LogP contribution in [0.5, 0.6) is 0 Å². The highest BCUT2D eigenvalue weighted by molar-refractivity contribution is 14.1. The highest BCUT2D eigenvalue weighted by atomic mass is 127. The Morgan fingerprint density at radius 1 is 1.38 bits per heavy atom. The van der Waals surface area contributed by atoms with Crippen molar-refractivity contribution in [3.8, 4) is 0 Å². The fourth-order valence-corrected chi connectivity index (χ4v) is 1.82. The summed E-state index contributed by atoms with van der Waals surface area (Å²) < 4.78 is 0.482. The summed E-state index contributed by atoms with van der Waals surface area (Å²) in [6.07, 6.45) is 0. The van der Waals surface area contributed by atoms with E-state index >= 15 is 0 Å². The van der Waals surface area contributed by atoms with Gasteiger partial charge >= 0.3 is 0 Å². The normalized spacial score (nSPS) is 11.3. The van der Waals surface area contributed by atoms with E-state index in [0.717, 1.165) is 11.3 Å². The van der Waals surface area contributed by atoms with Crippen LogP contribution in [0.15, 0.2) is 18.2 Å². The highest BCUT2D eigenvalue weighted by Gasteiger charge is 2.19. The summed E-state index contributed by atoms with van der Waals surface area (Å²) in [6, 6.07) is 6.14. The van der Waals surface area contributed by atoms with E-state index in [1.807, 2.05) is 19.1 Å². The Kier molecular flexibility index (Phi) is 4.35. The summed E-state index contributed by atoms with van der Waals surface area (Å²) >= 11 is 2.07. The molecule has 0 aliphatic carbocycles. The minimum Gasteiger partial charge on any atom is -0.325 e. The zero-order chi connectivity index (χ0) is 12.3. The molecule has 16 heavy (non-hydrogen) atoms. The first kappa shape index (κ1) is 13.5. The van der Waals surface area contributed by atoms with Crippen molar-refractivity contribution < 1.29 is 4.79 Å². The van der Waals surface area contributed by atoms with Gasteiger partial charge in [-0.05, 0) is 23.5 Å². The lowest BCUT2D eigenvalue weighted by atomic mass is 9.84. The second kappa shape index (κ2) is 5.17. The molecule has 2 nitrogen and oxygen atoms in total. The molecule has 0 aromatic heterocycles. The maximum absolute atomic E-state index is 11.5. The summed E-state index contributed by atoms with van der Waals surface area (Å²) in [4.78, 5) is 11.5. The third kappa shape index (κ3) is 3.20. The van der Waals surface area contributed by atoms with Crippen LogP contribution >= 0.6 is 22.6 Å². The number of halogens is 1. The van der Waals surface area contributed by atoms with Crippen molar-refractivity contribution in [2.45, 2.75) is 33.1 Å². The molecule has 0 spiro atoms. The Labute approximate surface area is 111 Å². The molecule has 0 unspecified atom stereocenters. The molecular formula is C13H18INO. The number of benzene rings is 1. The molecule has 1 N–H and O–H groups in total. The van der Waals surface area contributed by atoms with Gasteiger partial charge in [0.15, 0.2) is 0 Å². The first-order valence-corrected chi connectivity index (χ1v) is 6.84. The summed E-state index contributed by atoms with van der Waals surface area (Å²) in [6.45, 7) is 8.49. The predicted molar refractivity (Wildman–Crippen MR) is 77.4 cm³/mol. The van der Waals surface area contributed by atoms with Crippen molar-refractivity contribution in [2.24, 2.45) is 0 Å². The van der Waals surface area contributed by atoms with Crippen LogP contribution in [0.3, 0.4) is 0 Å². The fraction of sp³-hybridized carbons (Fsp3) is 0.462. The van der Waals surface area contributed by atoms with Crippen LogP contribution in [0.2, 0.25) is 0 Å². The van der Waals surface area contributed by atoms with Gasteiger partial charge in [-0.1, -0.05) is 61.6 Å². The summed E-state index contributed by atoms with van der Waals surface area (Å²) in [5, 5.41) is 2.99. The van der Waals surface area contributed by atoms with Crippen molar-refractivity contribution in [3.63, 3.8) is 0 Å². The second-order valence-electron chi connectivity index (χ2n) is 4.93. The van der Waals surface area contributed by atoms with E-state index < -0.39 is 0 Å². The molecule has 0 heterocycles. The molecule has 0 aliphatic rings. The van der Waals surface area contributed by atoms with Gasteiger partial charge in [0.25, 0.3) is 0 Å². The predicted octanol–water partition coefficient (Wildman–Crippen LogP) is 3.67. The first-order valence-electron chi connectivity index (χ1n) is 5.32. The number of hydrogen-bond acceptors (Lipinski definition) is 1. The Morgan fingerprint density at radius 2 is 2.00 bits per heavy atom. The van der Waals surface area contributed by atoms with E-state index in [0.29, 0.717) is 4.43 Å². The van der Waals surface area contributed by atoms with Gasteiger partial charge in [-0.15, -0.1) is 0 Å². The minimum absolute atomic E-state index is 0.0416. The van der Waals surface area contributed by atoms with Crippen LogP contribution in [0.4, 0.5) is 5.69 Å². The summed E-state index contributed by atoms with van der Waals surface area (Å²) in [7, 11) is 0. The molecule has 0 aliphatic heterocycles. The second-order valence-corrected chi connectivity index (χ2v) is 5.69. The van der Waals surface area contributed by atoms with Crippen molar-refractivity contribution >= 4 is 34.2 Å². The van der Waals surface area contributed by atoms with E-state index in [4.69, 9.17) is 0 Å². The number of alkyl halides is 1. The third-order valence-electron chi connectivity index (χ3n) is 2.47. The molecule has 3 heteroatoms. The van der Waals surface area contributed by atoms with Crippen LogP contribution in [0.1, 0.15) is 31.9 Å². The smallest absolute Gasteiger partial charge is 0.234 e. The number of para-hydroxylation sites is 1. The third-order valence-corrected chi connectivity index (χ3v) is 3.16. The van der Waals surface area contributed by atoms with Crippen molar-refractivity contribution in [2.75, 3.05) is 9.74 Å². The standard InChI is InChI=1S/C13H18INO/c1-9-6-5-7-10(13(2,3)4)12(9)15-11(16)8-14/h5-7H,8H2,1-4H3,(H,15,16). The van der Waals surface area contributed by atoms with Crippen molar-refractivity contribution in [1.82, 2.24) is 0 Å². The molecule has 0 saturated heterocycles. The fourth-order valence-electron chi connectivity index (χ4n) is 1.63. The molecule has 0 radical (unpaired) electrons. The van der Waals surface area contributed by atoms with Crippen LogP contribution in [0.25, 0.3) is 0 Å². The molecule has 88 valence electrons. The highest BCUT2D eigenvalue weighted by Crippen LogP contribution is 2.31. The lowest BCUT2D eigenvalue weighted by Gasteiger charge is -2.24. The first-order chi connectivity index (χ1) is 7.36. The van der Waals surface area contributed by atoms with Crippen molar-refractivity contribution in [3.05, 3.63) is 29.3 Å². The number of nitrogens with one attached hydrogen (secondary N) is 1. The number of carbonyl (C=O) groups is 1. The van der Waals surface area contributed by atoms with Gasteiger partial charge in [-0.3, -0.25) is 4.79 Å². The number of amides is 1. The van der Waals surface area contributed by atoms with Gasteiger partial charge in [0, 0.05) is 5.69 Å². The number of anilines is 1. The largest absolute Gasteiger partial charge is 0.325 e. The average molecular weight is 331 g/mol. The van der Waals surface area contributed by atoms with Gasteiger partial charge in [0.1, 0.15) is 0 Å².